The lowest BCUT2D eigenvalue weighted by molar-refractivity contribution is -0.0706. The zero-order valence-corrected chi connectivity index (χ0v) is 12.3. The van der Waals surface area contributed by atoms with Crippen LogP contribution in [0.2, 0.25) is 5.02 Å². The number of methoxy groups -OCH3 is 1. The Balaban J connectivity index is 2.16. The van der Waals surface area contributed by atoms with Gasteiger partial charge in [0.15, 0.2) is 11.5 Å². The molecule has 0 radical (unpaired) electrons. The highest BCUT2D eigenvalue weighted by Gasteiger charge is 2.23. The van der Waals surface area contributed by atoms with Gasteiger partial charge < -0.3 is 14.6 Å². The molecule has 2 rings (SSSR count). The van der Waals surface area contributed by atoms with E-state index < -0.39 is 0 Å². The van der Waals surface area contributed by atoms with Crippen LogP contribution < -0.4 is 4.74 Å². The molecule has 0 amide bonds. The number of morpholine rings is 1. The number of nitrogens with zero attached hydrogens (tertiary/aromatic N) is 1. The van der Waals surface area contributed by atoms with E-state index in [2.05, 4.69) is 18.7 Å². The Morgan fingerprint density at radius 1 is 1.37 bits per heavy atom. The number of halogens is 1. The summed E-state index contributed by atoms with van der Waals surface area (Å²) in [6.45, 7) is 6.44. The Kier molecular flexibility index (Phi) is 4.55. The van der Waals surface area contributed by atoms with Crippen LogP contribution in [-0.4, -0.2) is 42.4 Å². The summed E-state index contributed by atoms with van der Waals surface area (Å²) in [5.74, 6) is 0.579. The number of benzene rings is 1. The predicted molar refractivity (Wildman–Crippen MR) is 75.0 cm³/mol. The lowest BCUT2D eigenvalue weighted by Crippen LogP contribution is -2.44. The fourth-order valence-corrected chi connectivity index (χ4v) is 2.79. The van der Waals surface area contributed by atoms with Crippen molar-refractivity contribution in [1.82, 2.24) is 4.90 Å². The molecule has 1 N–H and O–H groups in total. The zero-order valence-electron chi connectivity index (χ0n) is 11.5. The van der Waals surface area contributed by atoms with Crippen molar-refractivity contribution in [2.45, 2.75) is 32.6 Å². The van der Waals surface area contributed by atoms with Crippen molar-refractivity contribution >= 4 is 11.6 Å². The molecule has 5 heteroatoms. The molecule has 1 aromatic carbocycles. The Labute approximate surface area is 118 Å². The summed E-state index contributed by atoms with van der Waals surface area (Å²) in [4.78, 5) is 2.25. The maximum Gasteiger partial charge on any atom is 0.162 e. The Bertz CT molecular complexity index is 443. The molecule has 0 bridgehead atoms. The van der Waals surface area contributed by atoms with E-state index in [0.717, 1.165) is 18.7 Å². The van der Waals surface area contributed by atoms with Crippen LogP contribution in [0.1, 0.15) is 19.4 Å². The van der Waals surface area contributed by atoms with Gasteiger partial charge in [-0.05, 0) is 19.9 Å². The van der Waals surface area contributed by atoms with Crippen LogP contribution in [0, 0.1) is 0 Å². The second-order valence-electron chi connectivity index (χ2n) is 5.07. The molecule has 2 unspecified atom stereocenters. The first-order valence-electron chi connectivity index (χ1n) is 6.42. The van der Waals surface area contributed by atoms with Crippen LogP contribution in [-0.2, 0) is 11.3 Å². The molecule has 0 aliphatic carbocycles. The van der Waals surface area contributed by atoms with E-state index >= 15 is 0 Å². The topological polar surface area (TPSA) is 41.9 Å². The third-order valence-corrected chi connectivity index (χ3v) is 3.45. The van der Waals surface area contributed by atoms with Gasteiger partial charge in [-0.2, -0.15) is 0 Å². The van der Waals surface area contributed by atoms with Crippen LogP contribution in [0.25, 0.3) is 0 Å². The molecule has 106 valence electrons. The van der Waals surface area contributed by atoms with Gasteiger partial charge in [0.2, 0.25) is 0 Å². The van der Waals surface area contributed by atoms with Crippen LogP contribution in [0.15, 0.2) is 12.1 Å². The molecule has 19 heavy (non-hydrogen) atoms. The number of ether oxygens (including phenoxy) is 2. The summed E-state index contributed by atoms with van der Waals surface area (Å²) in [6, 6.07) is 3.40. The average Bonchev–Trinajstić information content (AvgIpc) is 2.32. The molecule has 4 nitrogen and oxygen atoms in total. The lowest BCUT2D eigenvalue weighted by Gasteiger charge is -2.35. The summed E-state index contributed by atoms with van der Waals surface area (Å²) in [5.41, 5.74) is 0.783. The summed E-state index contributed by atoms with van der Waals surface area (Å²) >= 11 is 6.04. The van der Waals surface area contributed by atoms with Gasteiger partial charge in [-0.25, -0.2) is 0 Å². The van der Waals surface area contributed by atoms with Crippen LogP contribution in [0.4, 0.5) is 0 Å². The molecule has 1 aliphatic heterocycles. The summed E-state index contributed by atoms with van der Waals surface area (Å²) < 4.78 is 10.8. The SMILES string of the molecule is COc1cc(Cl)cc(CN2CC(C)OC(C)C2)c1O. The second-order valence-corrected chi connectivity index (χ2v) is 5.50. The number of phenolic OH excluding ortho intramolecular Hbond substituents is 1. The lowest BCUT2D eigenvalue weighted by atomic mass is 10.1. The Morgan fingerprint density at radius 2 is 2.00 bits per heavy atom. The Hall–Kier alpha value is -0.970. The van der Waals surface area contributed by atoms with Crippen molar-refractivity contribution in [3.8, 4) is 11.5 Å². The van der Waals surface area contributed by atoms with Crippen LogP contribution >= 0.6 is 11.6 Å². The van der Waals surface area contributed by atoms with Gasteiger partial charge in [-0.15, -0.1) is 0 Å². The molecule has 0 aromatic heterocycles. The van der Waals surface area contributed by atoms with Gasteiger partial charge in [0.25, 0.3) is 0 Å². The first-order chi connectivity index (χ1) is 8.99. The van der Waals surface area contributed by atoms with Crippen LogP contribution in [0.5, 0.6) is 11.5 Å². The number of aromatic hydroxyl groups is 1. The van der Waals surface area contributed by atoms with Gasteiger partial charge in [0.1, 0.15) is 0 Å². The molecule has 0 spiro atoms. The molecule has 1 aromatic rings. The van der Waals surface area contributed by atoms with Crippen molar-refractivity contribution in [2.75, 3.05) is 20.2 Å². The zero-order chi connectivity index (χ0) is 14.0. The van der Waals surface area contributed by atoms with Crippen molar-refractivity contribution < 1.29 is 14.6 Å². The fraction of sp³-hybridized carbons (Fsp3) is 0.571. The van der Waals surface area contributed by atoms with E-state index in [1.54, 1.807) is 12.1 Å². The normalized spacial score (nSPS) is 24.4. The smallest absolute Gasteiger partial charge is 0.162 e. The molecular weight excluding hydrogens is 266 g/mol. The Morgan fingerprint density at radius 3 is 2.58 bits per heavy atom. The van der Waals surface area contributed by atoms with Gasteiger partial charge in [-0.1, -0.05) is 11.6 Å². The molecular formula is C14H20ClNO3. The average molecular weight is 286 g/mol. The highest BCUT2D eigenvalue weighted by Crippen LogP contribution is 2.34. The molecule has 2 atom stereocenters. The van der Waals surface area contributed by atoms with E-state index in [0.29, 0.717) is 17.3 Å². The quantitative estimate of drug-likeness (QED) is 0.927. The van der Waals surface area contributed by atoms with E-state index in [4.69, 9.17) is 21.1 Å². The van der Waals surface area contributed by atoms with Gasteiger partial charge in [0, 0.05) is 36.3 Å². The highest BCUT2D eigenvalue weighted by atomic mass is 35.5. The fourth-order valence-electron chi connectivity index (χ4n) is 2.56. The standard InChI is InChI=1S/C14H20ClNO3/c1-9-6-16(7-10(2)19-9)8-11-4-12(15)5-13(18-3)14(11)17/h4-5,9-10,17H,6-8H2,1-3H3. The largest absolute Gasteiger partial charge is 0.504 e. The van der Waals surface area contributed by atoms with Gasteiger partial charge >= 0.3 is 0 Å². The first-order valence-corrected chi connectivity index (χ1v) is 6.80. The maximum absolute atomic E-state index is 10.1. The number of hydrogen-bond acceptors (Lipinski definition) is 4. The van der Waals surface area contributed by atoms with Crippen molar-refractivity contribution in [3.63, 3.8) is 0 Å². The minimum Gasteiger partial charge on any atom is -0.504 e. The predicted octanol–water partition coefficient (Wildman–Crippen LogP) is 2.66. The monoisotopic (exact) mass is 285 g/mol. The van der Waals surface area contributed by atoms with E-state index in [-0.39, 0.29) is 18.0 Å². The van der Waals surface area contributed by atoms with Gasteiger partial charge in [-0.3, -0.25) is 4.90 Å². The summed E-state index contributed by atoms with van der Waals surface area (Å²) in [5, 5.41) is 10.7. The summed E-state index contributed by atoms with van der Waals surface area (Å²) in [6.07, 6.45) is 0.402. The highest BCUT2D eigenvalue weighted by molar-refractivity contribution is 6.30. The van der Waals surface area contributed by atoms with Crippen molar-refractivity contribution in [3.05, 3.63) is 22.7 Å². The second kappa shape index (κ2) is 5.99. The molecule has 1 heterocycles. The number of rotatable bonds is 3. The van der Waals surface area contributed by atoms with E-state index in [1.807, 2.05) is 0 Å². The number of phenols is 1. The minimum atomic E-state index is 0.165. The van der Waals surface area contributed by atoms with Crippen molar-refractivity contribution in [2.24, 2.45) is 0 Å². The maximum atomic E-state index is 10.1. The third-order valence-electron chi connectivity index (χ3n) is 3.23. The van der Waals surface area contributed by atoms with E-state index in [1.165, 1.54) is 7.11 Å². The number of hydrogen-bond donors (Lipinski definition) is 1. The van der Waals surface area contributed by atoms with Crippen molar-refractivity contribution in [1.29, 1.82) is 0 Å². The molecule has 1 fully saturated rings. The molecule has 0 saturated carbocycles. The molecule has 1 saturated heterocycles. The minimum absolute atomic E-state index is 0.165. The first kappa shape index (κ1) is 14.4. The van der Waals surface area contributed by atoms with E-state index in [9.17, 15) is 5.11 Å². The summed E-state index contributed by atoms with van der Waals surface area (Å²) in [7, 11) is 1.52. The third kappa shape index (κ3) is 3.53. The van der Waals surface area contributed by atoms with Crippen LogP contribution in [0.3, 0.4) is 0 Å². The molecule has 1 aliphatic rings. The van der Waals surface area contributed by atoms with Gasteiger partial charge in [0.05, 0.1) is 19.3 Å².